The van der Waals surface area contributed by atoms with Crippen LogP contribution in [0, 0.1) is 0 Å². The van der Waals surface area contributed by atoms with Crippen molar-refractivity contribution in [3.8, 4) is 0 Å². The predicted octanol–water partition coefficient (Wildman–Crippen LogP) is 2.93. The van der Waals surface area contributed by atoms with Crippen LogP contribution in [0.1, 0.15) is 17.2 Å². The van der Waals surface area contributed by atoms with Gasteiger partial charge in [-0.15, -0.1) is 11.3 Å². The van der Waals surface area contributed by atoms with Gasteiger partial charge in [-0.05, 0) is 47.2 Å². The lowest BCUT2D eigenvalue weighted by molar-refractivity contribution is 0.719. The minimum Gasteiger partial charge on any atom is -0.324 e. The molecule has 0 aliphatic rings. The van der Waals surface area contributed by atoms with Gasteiger partial charge in [0.05, 0.1) is 10.2 Å². The van der Waals surface area contributed by atoms with Gasteiger partial charge in [-0.3, -0.25) is 9.97 Å². The molecule has 0 aliphatic heterocycles. The number of nitrogens with zero attached hydrogens (tertiary/aromatic N) is 2. The van der Waals surface area contributed by atoms with Gasteiger partial charge in [-0.2, -0.15) is 0 Å². The molecule has 1 atom stereocenters. The first-order valence-corrected chi connectivity index (χ1v) is 6.68. The number of hydrogen-bond donors (Lipinski definition) is 1. The summed E-state index contributed by atoms with van der Waals surface area (Å²) in [6.45, 7) is 0. The standard InChI is InChI=1S/C14H13N3S/c15-12(7-10-1-4-16-5-2-10)11-8-14-13(17-9-11)3-6-18-14/h1-6,8-9,12H,7,15H2. The molecule has 3 aromatic heterocycles. The predicted molar refractivity (Wildman–Crippen MR) is 74.5 cm³/mol. The summed E-state index contributed by atoms with van der Waals surface area (Å²) < 4.78 is 1.19. The Hall–Kier alpha value is -1.78. The van der Waals surface area contributed by atoms with Gasteiger partial charge >= 0.3 is 0 Å². The second-order valence-corrected chi connectivity index (χ2v) is 5.19. The summed E-state index contributed by atoms with van der Waals surface area (Å²) in [5.74, 6) is 0. The molecule has 4 heteroatoms. The van der Waals surface area contributed by atoms with Crippen LogP contribution in [0.5, 0.6) is 0 Å². The average molecular weight is 255 g/mol. The van der Waals surface area contributed by atoms with E-state index in [-0.39, 0.29) is 6.04 Å². The fraction of sp³-hybridized carbons (Fsp3) is 0.143. The van der Waals surface area contributed by atoms with Gasteiger partial charge in [0.15, 0.2) is 0 Å². The van der Waals surface area contributed by atoms with Gasteiger partial charge in [-0.1, -0.05) is 0 Å². The van der Waals surface area contributed by atoms with Gasteiger partial charge in [0.25, 0.3) is 0 Å². The summed E-state index contributed by atoms with van der Waals surface area (Å²) in [5, 5.41) is 2.05. The summed E-state index contributed by atoms with van der Waals surface area (Å²) in [5.41, 5.74) is 9.56. The molecule has 0 aliphatic carbocycles. The maximum Gasteiger partial charge on any atom is 0.0809 e. The summed E-state index contributed by atoms with van der Waals surface area (Å²) in [6, 6.07) is 8.14. The van der Waals surface area contributed by atoms with E-state index in [1.165, 1.54) is 10.3 Å². The Balaban J connectivity index is 1.85. The second-order valence-electron chi connectivity index (χ2n) is 4.24. The number of thiophene rings is 1. The van der Waals surface area contributed by atoms with Crippen molar-refractivity contribution in [1.29, 1.82) is 0 Å². The normalized spacial score (nSPS) is 12.7. The molecule has 0 aromatic carbocycles. The average Bonchev–Trinajstić information content (AvgIpc) is 2.87. The number of hydrogen-bond acceptors (Lipinski definition) is 4. The van der Waals surface area contributed by atoms with Crippen LogP contribution in [0.2, 0.25) is 0 Å². The van der Waals surface area contributed by atoms with E-state index in [2.05, 4.69) is 21.4 Å². The van der Waals surface area contributed by atoms with Crippen molar-refractivity contribution in [3.05, 3.63) is 59.4 Å². The molecule has 0 amide bonds. The molecule has 3 nitrogen and oxygen atoms in total. The third-order valence-electron chi connectivity index (χ3n) is 2.96. The highest BCUT2D eigenvalue weighted by molar-refractivity contribution is 7.17. The first kappa shape index (κ1) is 11.3. The topological polar surface area (TPSA) is 51.8 Å². The maximum atomic E-state index is 6.23. The first-order chi connectivity index (χ1) is 8.83. The minimum atomic E-state index is -0.0219. The molecule has 0 saturated carbocycles. The van der Waals surface area contributed by atoms with Gasteiger partial charge in [0.2, 0.25) is 0 Å². The van der Waals surface area contributed by atoms with E-state index < -0.39 is 0 Å². The fourth-order valence-corrected chi connectivity index (χ4v) is 2.74. The van der Waals surface area contributed by atoms with Crippen molar-refractivity contribution in [1.82, 2.24) is 9.97 Å². The number of aromatic nitrogens is 2. The Bertz CT molecular complexity index is 648. The van der Waals surface area contributed by atoms with E-state index in [9.17, 15) is 0 Å². The second kappa shape index (κ2) is 4.84. The highest BCUT2D eigenvalue weighted by atomic mass is 32.1. The van der Waals surface area contributed by atoms with E-state index in [4.69, 9.17) is 5.73 Å². The van der Waals surface area contributed by atoms with Crippen LogP contribution in [-0.4, -0.2) is 9.97 Å². The highest BCUT2D eigenvalue weighted by Gasteiger charge is 2.09. The lowest BCUT2D eigenvalue weighted by Gasteiger charge is -2.11. The van der Waals surface area contributed by atoms with E-state index >= 15 is 0 Å². The zero-order valence-corrected chi connectivity index (χ0v) is 10.6. The van der Waals surface area contributed by atoms with Crippen molar-refractivity contribution in [3.63, 3.8) is 0 Å². The zero-order chi connectivity index (χ0) is 12.4. The number of fused-ring (bicyclic) bond motifs is 1. The van der Waals surface area contributed by atoms with E-state index in [1.807, 2.05) is 24.4 Å². The Morgan fingerprint density at radius 2 is 2.06 bits per heavy atom. The lowest BCUT2D eigenvalue weighted by Crippen LogP contribution is -2.13. The molecule has 0 radical (unpaired) electrons. The third-order valence-corrected chi connectivity index (χ3v) is 3.81. The summed E-state index contributed by atoms with van der Waals surface area (Å²) >= 11 is 1.70. The lowest BCUT2D eigenvalue weighted by atomic mass is 10.0. The minimum absolute atomic E-state index is 0.0219. The third kappa shape index (κ3) is 2.25. The molecular formula is C14H13N3S. The van der Waals surface area contributed by atoms with Gasteiger partial charge in [0.1, 0.15) is 0 Å². The first-order valence-electron chi connectivity index (χ1n) is 5.80. The molecule has 0 bridgehead atoms. The SMILES string of the molecule is NC(Cc1ccncc1)c1cnc2ccsc2c1. The Morgan fingerprint density at radius 1 is 1.22 bits per heavy atom. The van der Waals surface area contributed by atoms with Crippen molar-refractivity contribution in [2.75, 3.05) is 0 Å². The van der Waals surface area contributed by atoms with Crippen LogP contribution in [0.25, 0.3) is 10.2 Å². The number of nitrogens with two attached hydrogens (primary N) is 1. The van der Waals surface area contributed by atoms with Gasteiger partial charge in [-0.25, -0.2) is 0 Å². The monoisotopic (exact) mass is 255 g/mol. The summed E-state index contributed by atoms with van der Waals surface area (Å²) in [6.07, 6.45) is 6.27. The van der Waals surface area contributed by atoms with Crippen LogP contribution >= 0.6 is 11.3 Å². The molecule has 0 fully saturated rings. The largest absolute Gasteiger partial charge is 0.324 e. The Labute approximate surface area is 109 Å². The number of rotatable bonds is 3. The molecule has 3 rings (SSSR count). The molecule has 3 aromatic rings. The van der Waals surface area contributed by atoms with E-state index in [0.29, 0.717) is 0 Å². The smallest absolute Gasteiger partial charge is 0.0809 e. The quantitative estimate of drug-likeness (QED) is 0.783. The molecule has 0 saturated heterocycles. The fourth-order valence-electron chi connectivity index (χ4n) is 1.96. The molecule has 90 valence electrons. The van der Waals surface area contributed by atoms with Gasteiger partial charge in [0, 0.05) is 24.6 Å². The van der Waals surface area contributed by atoms with E-state index in [1.54, 1.807) is 23.7 Å². The van der Waals surface area contributed by atoms with Gasteiger partial charge < -0.3 is 5.73 Å². The zero-order valence-electron chi connectivity index (χ0n) is 9.78. The maximum absolute atomic E-state index is 6.23. The molecule has 1 unspecified atom stereocenters. The summed E-state index contributed by atoms with van der Waals surface area (Å²) in [7, 11) is 0. The van der Waals surface area contributed by atoms with Crippen molar-refractivity contribution in [2.45, 2.75) is 12.5 Å². The molecule has 2 N–H and O–H groups in total. The van der Waals surface area contributed by atoms with Crippen LogP contribution in [0.3, 0.4) is 0 Å². The van der Waals surface area contributed by atoms with Crippen molar-refractivity contribution in [2.24, 2.45) is 5.73 Å². The Morgan fingerprint density at radius 3 is 2.89 bits per heavy atom. The van der Waals surface area contributed by atoms with Crippen molar-refractivity contribution >= 4 is 21.6 Å². The van der Waals surface area contributed by atoms with Crippen LogP contribution in [-0.2, 0) is 6.42 Å². The van der Waals surface area contributed by atoms with Crippen LogP contribution in [0.4, 0.5) is 0 Å². The molecular weight excluding hydrogens is 242 g/mol. The highest BCUT2D eigenvalue weighted by Crippen LogP contribution is 2.23. The molecule has 0 spiro atoms. The van der Waals surface area contributed by atoms with Crippen molar-refractivity contribution < 1.29 is 0 Å². The van der Waals surface area contributed by atoms with Crippen LogP contribution in [0.15, 0.2) is 48.2 Å². The Kier molecular flexibility index (Phi) is 3.04. The molecule has 18 heavy (non-hydrogen) atoms. The summed E-state index contributed by atoms with van der Waals surface area (Å²) in [4.78, 5) is 8.43. The molecule has 3 heterocycles. The number of pyridine rings is 2. The van der Waals surface area contributed by atoms with E-state index in [0.717, 1.165) is 17.5 Å². The van der Waals surface area contributed by atoms with Crippen LogP contribution < -0.4 is 5.73 Å².